The molecule has 2 nitrogen and oxygen atoms in total. The third kappa shape index (κ3) is 5.89. The molecule has 2 saturated heterocycles. The lowest BCUT2D eigenvalue weighted by molar-refractivity contribution is 0.109. The molecule has 24 heavy (non-hydrogen) atoms. The predicted octanol–water partition coefficient (Wildman–Crippen LogP) is 4.98. The molecule has 0 amide bonds. The number of likely N-dealkylation sites (tertiary alicyclic amines) is 2. The number of benzene rings is 1. The van der Waals surface area contributed by atoms with Gasteiger partial charge in [-0.2, -0.15) is 0 Å². The first-order valence-corrected chi connectivity index (χ1v) is 10.1. The first-order valence-electron chi connectivity index (χ1n) is 10.1. The second kappa shape index (κ2) is 10.2. The predicted molar refractivity (Wildman–Crippen MR) is 106 cm³/mol. The first-order chi connectivity index (χ1) is 11.6. The number of rotatable bonds is 4. The Bertz CT molecular complexity index is 443. The molecule has 0 saturated carbocycles. The monoisotopic (exact) mass is 330 g/mol. The molecule has 2 aliphatic heterocycles. The van der Waals surface area contributed by atoms with E-state index in [2.05, 4.69) is 68.0 Å². The van der Waals surface area contributed by atoms with Crippen LogP contribution in [-0.2, 0) is 6.42 Å². The van der Waals surface area contributed by atoms with E-state index in [1.54, 1.807) is 0 Å². The van der Waals surface area contributed by atoms with E-state index < -0.39 is 0 Å². The van der Waals surface area contributed by atoms with Crippen molar-refractivity contribution < 1.29 is 0 Å². The summed E-state index contributed by atoms with van der Waals surface area (Å²) in [5.74, 6) is 0. The highest BCUT2D eigenvalue weighted by Gasteiger charge is 2.22. The lowest BCUT2D eigenvalue weighted by atomic mass is 9.98. The van der Waals surface area contributed by atoms with Crippen LogP contribution in [0.25, 0.3) is 0 Å². The van der Waals surface area contributed by atoms with E-state index in [1.165, 1.54) is 63.6 Å². The zero-order valence-corrected chi connectivity index (χ0v) is 16.4. The minimum absolute atomic E-state index is 0.750. The summed E-state index contributed by atoms with van der Waals surface area (Å²) < 4.78 is 0. The minimum Gasteiger partial charge on any atom is -0.303 e. The summed E-state index contributed by atoms with van der Waals surface area (Å²) in [5, 5.41) is 0. The van der Waals surface area contributed by atoms with Crippen LogP contribution in [0.1, 0.15) is 64.9 Å². The van der Waals surface area contributed by atoms with E-state index in [-0.39, 0.29) is 0 Å². The fourth-order valence-electron chi connectivity index (χ4n) is 4.26. The van der Waals surface area contributed by atoms with Gasteiger partial charge in [-0.1, -0.05) is 43.7 Å². The Morgan fingerprint density at radius 2 is 1.67 bits per heavy atom. The highest BCUT2D eigenvalue weighted by atomic mass is 15.2. The van der Waals surface area contributed by atoms with Gasteiger partial charge in [-0.05, 0) is 78.1 Å². The molecule has 2 unspecified atom stereocenters. The number of nitrogens with zero attached hydrogens (tertiary/aromatic N) is 2. The summed E-state index contributed by atoms with van der Waals surface area (Å²) in [6, 6.07) is 13.2. The van der Waals surface area contributed by atoms with Gasteiger partial charge in [-0.3, -0.25) is 4.90 Å². The zero-order valence-electron chi connectivity index (χ0n) is 16.4. The van der Waals surface area contributed by atoms with Gasteiger partial charge >= 0.3 is 0 Å². The second-order valence-corrected chi connectivity index (χ2v) is 7.86. The van der Waals surface area contributed by atoms with Crippen LogP contribution in [0.15, 0.2) is 30.3 Å². The molecule has 1 aromatic carbocycles. The summed E-state index contributed by atoms with van der Waals surface area (Å²) in [5.41, 5.74) is 1.47. The molecule has 2 atom stereocenters. The fourth-order valence-corrected chi connectivity index (χ4v) is 4.26. The smallest absolute Gasteiger partial charge is 0.0133 e. The van der Waals surface area contributed by atoms with Crippen molar-refractivity contribution in [1.82, 2.24) is 9.80 Å². The van der Waals surface area contributed by atoms with Crippen molar-refractivity contribution >= 4 is 0 Å². The number of likely N-dealkylation sites (N-methyl/N-ethyl adjacent to an activating group) is 1. The second-order valence-electron chi connectivity index (χ2n) is 7.86. The largest absolute Gasteiger partial charge is 0.303 e. The summed E-state index contributed by atoms with van der Waals surface area (Å²) in [6.45, 7) is 9.54. The molecule has 2 heteroatoms. The average Bonchev–Trinajstić information content (AvgIpc) is 3.01. The average molecular weight is 331 g/mol. The quantitative estimate of drug-likeness (QED) is 0.768. The van der Waals surface area contributed by atoms with Crippen molar-refractivity contribution in [2.24, 2.45) is 0 Å². The van der Waals surface area contributed by atoms with Gasteiger partial charge in [-0.25, -0.2) is 0 Å². The molecule has 0 aromatic heterocycles. The van der Waals surface area contributed by atoms with Crippen molar-refractivity contribution in [3.05, 3.63) is 35.9 Å². The van der Waals surface area contributed by atoms with E-state index in [4.69, 9.17) is 0 Å². The number of hydrogen-bond acceptors (Lipinski definition) is 2. The van der Waals surface area contributed by atoms with E-state index in [0.29, 0.717) is 0 Å². The molecule has 2 aliphatic rings. The molecule has 0 bridgehead atoms. The number of piperidine rings is 1. The van der Waals surface area contributed by atoms with Crippen molar-refractivity contribution in [3.63, 3.8) is 0 Å². The Hall–Kier alpha value is -0.860. The van der Waals surface area contributed by atoms with E-state index in [9.17, 15) is 0 Å². The summed E-state index contributed by atoms with van der Waals surface area (Å²) in [7, 11) is 2.24. The highest BCUT2D eigenvalue weighted by molar-refractivity contribution is 5.16. The Labute approximate surface area is 150 Å². The molecule has 0 radical (unpaired) electrons. The molecule has 2 heterocycles. The van der Waals surface area contributed by atoms with E-state index >= 15 is 0 Å². The van der Waals surface area contributed by atoms with E-state index in [1.807, 2.05) is 0 Å². The third-order valence-electron chi connectivity index (χ3n) is 5.79. The maximum Gasteiger partial charge on any atom is 0.0133 e. The van der Waals surface area contributed by atoms with Crippen molar-refractivity contribution in [3.8, 4) is 0 Å². The first kappa shape index (κ1) is 19.5. The molecule has 2 fully saturated rings. The molecule has 136 valence electrons. The molecule has 3 rings (SSSR count). The van der Waals surface area contributed by atoms with Gasteiger partial charge < -0.3 is 4.90 Å². The van der Waals surface area contributed by atoms with Crippen molar-refractivity contribution in [2.45, 2.75) is 83.8 Å². The summed E-state index contributed by atoms with van der Waals surface area (Å²) >= 11 is 0. The molecular weight excluding hydrogens is 292 g/mol. The minimum atomic E-state index is 0.750. The van der Waals surface area contributed by atoms with Crippen LogP contribution in [0.4, 0.5) is 0 Å². The van der Waals surface area contributed by atoms with Crippen LogP contribution in [-0.4, -0.2) is 48.1 Å². The SMILES string of the molecule is CCC1CCCCN1C(C)C.CN1CCCC1Cc1ccccc1. The van der Waals surface area contributed by atoms with Crippen LogP contribution in [0, 0.1) is 0 Å². The van der Waals surface area contributed by atoms with Crippen molar-refractivity contribution in [2.75, 3.05) is 20.1 Å². The normalized spacial score (nSPS) is 25.5. The van der Waals surface area contributed by atoms with Crippen molar-refractivity contribution in [1.29, 1.82) is 0 Å². The molecular formula is C22H38N2. The fraction of sp³-hybridized carbons (Fsp3) is 0.727. The standard InChI is InChI=1S/C12H17N.C10H21N/c1-13-9-5-8-12(13)10-11-6-3-2-4-7-11;1-4-10-7-5-6-8-11(10)9(2)3/h2-4,6-7,12H,5,8-10H2,1H3;9-10H,4-8H2,1-3H3. The van der Waals surface area contributed by atoms with Gasteiger partial charge in [0.25, 0.3) is 0 Å². The van der Waals surface area contributed by atoms with Crippen LogP contribution in [0.3, 0.4) is 0 Å². The van der Waals surface area contributed by atoms with Crippen LogP contribution < -0.4 is 0 Å². The molecule has 0 spiro atoms. The van der Waals surface area contributed by atoms with Crippen LogP contribution in [0.5, 0.6) is 0 Å². The molecule has 0 aliphatic carbocycles. The van der Waals surface area contributed by atoms with Gasteiger partial charge in [-0.15, -0.1) is 0 Å². The van der Waals surface area contributed by atoms with Crippen LogP contribution >= 0.6 is 0 Å². The maximum atomic E-state index is 2.66. The van der Waals surface area contributed by atoms with E-state index in [0.717, 1.165) is 18.1 Å². The van der Waals surface area contributed by atoms with Gasteiger partial charge in [0.05, 0.1) is 0 Å². The third-order valence-corrected chi connectivity index (χ3v) is 5.79. The lowest BCUT2D eigenvalue weighted by Gasteiger charge is -2.38. The lowest BCUT2D eigenvalue weighted by Crippen LogP contribution is -2.43. The summed E-state index contributed by atoms with van der Waals surface area (Å²) in [6.07, 6.45) is 9.57. The van der Waals surface area contributed by atoms with Crippen LogP contribution in [0.2, 0.25) is 0 Å². The van der Waals surface area contributed by atoms with Gasteiger partial charge in [0.1, 0.15) is 0 Å². The molecule has 0 N–H and O–H groups in total. The van der Waals surface area contributed by atoms with Gasteiger partial charge in [0, 0.05) is 18.1 Å². The van der Waals surface area contributed by atoms with Gasteiger partial charge in [0.15, 0.2) is 0 Å². The highest BCUT2D eigenvalue weighted by Crippen LogP contribution is 2.21. The Balaban J connectivity index is 0.000000177. The summed E-state index contributed by atoms with van der Waals surface area (Å²) in [4.78, 5) is 5.14. The number of hydrogen-bond donors (Lipinski definition) is 0. The Morgan fingerprint density at radius 3 is 2.21 bits per heavy atom. The molecule has 1 aromatic rings. The van der Waals surface area contributed by atoms with Gasteiger partial charge in [0.2, 0.25) is 0 Å². The Morgan fingerprint density at radius 1 is 0.958 bits per heavy atom. The zero-order chi connectivity index (χ0) is 17.4. The maximum absolute atomic E-state index is 2.66. The topological polar surface area (TPSA) is 6.48 Å². The Kier molecular flexibility index (Phi) is 8.28.